The van der Waals surface area contributed by atoms with Crippen LogP contribution >= 0.6 is 0 Å². The van der Waals surface area contributed by atoms with E-state index in [1.165, 1.54) is 18.4 Å². The zero-order chi connectivity index (χ0) is 19.1. The molecule has 3 rings (SSSR count). The van der Waals surface area contributed by atoms with E-state index in [0.29, 0.717) is 6.54 Å². The Morgan fingerprint density at radius 3 is 2.89 bits per heavy atom. The van der Waals surface area contributed by atoms with Crippen molar-refractivity contribution in [3.05, 3.63) is 23.3 Å². The Balaban J connectivity index is 1.51. The van der Waals surface area contributed by atoms with Gasteiger partial charge in [0, 0.05) is 43.9 Å². The molecule has 2 aliphatic rings. The van der Waals surface area contributed by atoms with Crippen LogP contribution in [0.3, 0.4) is 0 Å². The summed E-state index contributed by atoms with van der Waals surface area (Å²) < 4.78 is 17.1. The van der Waals surface area contributed by atoms with Crippen molar-refractivity contribution in [2.75, 3.05) is 33.4 Å². The Hall–Kier alpha value is -1.95. The van der Waals surface area contributed by atoms with Crippen LogP contribution in [0.2, 0.25) is 0 Å². The second-order valence-corrected chi connectivity index (χ2v) is 7.40. The maximum absolute atomic E-state index is 5.88. The lowest BCUT2D eigenvalue weighted by molar-refractivity contribution is 0.123. The maximum Gasteiger partial charge on any atom is 0.191 e. The molecule has 1 aromatic rings. The first kappa shape index (κ1) is 19.8. The van der Waals surface area contributed by atoms with E-state index in [4.69, 9.17) is 19.2 Å². The maximum atomic E-state index is 5.88. The minimum absolute atomic E-state index is 0.226. The van der Waals surface area contributed by atoms with Crippen molar-refractivity contribution in [3.8, 4) is 11.5 Å². The van der Waals surface area contributed by atoms with Crippen molar-refractivity contribution in [2.24, 2.45) is 10.9 Å². The third kappa shape index (κ3) is 6.03. The Bertz CT molecular complexity index is 644. The largest absolute Gasteiger partial charge is 0.496 e. The number of aliphatic imine (C=N–C) groups is 1. The minimum Gasteiger partial charge on any atom is -0.496 e. The minimum atomic E-state index is 0.226. The fraction of sp³-hybridized carbons (Fsp3) is 0.667. The molecule has 1 aliphatic carbocycles. The smallest absolute Gasteiger partial charge is 0.191 e. The molecule has 1 atom stereocenters. The van der Waals surface area contributed by atoms with Crippen LogP contribution < -0.4 is 20.1 Å². The fourth-order valence-electron chi connectivity index (χ4n) is 3.22. The van der Waals surface area contributed by atoms with Gasteiger partial charge in [0.15, 0.2) is 5.96 Å². The van der Waals surface area contributed by atoms with Gasteiger partial charge < -0.3 is 24.8 Å². The first-order chi connectivity index (χ1) is 13.2. The molecular weight excluding hydrogens is 342 g/mol. The number of hydrogen-bond donors (Lipinski definition) is 2. The lowest BCUT2D eigenvalue weighted by atomic mass is 10.1. The highest BCUT2D eigenvalue weighted by Crippen LogP contribution is 2.35. The molecular formula is C21H33N3O3. The molecule has 0 bridgehead atoms. The summed E-state index contributed by atoms with van der Waals surface area (Å²) in [7, 11) is 1.71. The van der Waals surface area contributed by atoms with Crippen LogP contribution in [0.1, 0.15) is 44.2 Å². The summed E-state index contributed by atoms with van der Waals surface area (Å²) in [5, 5.41) is 6.67. The van der Waals surface area contributed by atoms with Crippen molar-refractivity contribution >= 4 is 5.96 Å². The van der Waals surface area contributed by atoms with E-state index in [1.807, 2.05) is 0 Å². The van der Waals surface area contributed by atoms with E-state index < -0.39 is 0 Å². The van der Waals surface area contributed by atoms with Crippen LogP contribution in [0.4, 0.5) is 0 Å². The summed E-state index contributed by atoms with van der Waals surface area (Å²) in [6.07, 6.45) is 4.81. The molecule has 0 saturated heterocycles. The van der Waals surface area contributed by atoms with Crippen LogP contribution in [0.25, 0.3) is 0 Å². The van der Waals surface area contributed by atoms with E-state index in [2.05, 4.69) is 36.6 Å². The molecule has 1 aromatic carbocycles. The highest BCUT2D eigenvalue weighted by molar-refractivity contribution is 5.79. The van der Waals surface area contributed by atoms with E-state index in [1.54, 1.807) is 7.11 Å². The molecule has 1 aliphatic heterocycles. The number of benzene rings is 1. The van der Waals surface area contributed by atoms with Crippen molar-refractivity contribution < 1.29 is 14.2 Å². The first-order valence-electron chi connectivity index (χ1n) is 10.2. The van der Waals surface area contributed by atoms with Crippen molar-refractivity contribution in [2.45, 2.75) is 52.2 Å². The summed E-state index contributed by atoms with van der Waals surface area (Å²) in [5.74, 6) is 3.47. The number of rotatable bonds is 10. The second kappa shape index (κ2) is 9.83. The molecule has 0 spiro atoms. The molecule has 2 N–H and O–H groups in total. The van der Waals surface area contributed by atoms with Gasteiger partial charge in [-0.05, 0) is 51.2 Å². The Kier molecular flexibility index (Phi) is 7.21. The van der Waals surface area contributed by atoms with E-state index in [9.17, 15) is 0 Å². The predicted molar refractivity (Wildman–Crippen MR) is 108 cm³/mol. The first-order valence-corrected chi connectivity index (χ1v) is 10.2. The number of nitrogens with one attached hydrogen (secondary N) is 2. The standard InChI is InChI=1S/C21H33N3O3/c1-4-22-21(23-8-5-9-26-14-16-6-7-16)24-13-18-12-20-17(10-15(2)27-20)11-19(18)25-3/h11-12,15-16H,4-10,13-14H2,1-3H3,(H2,22,23,24). The number of nitrogens with zero attached hydrogens (tertiary/aromatic N) is 1. The molecule has 0 radical (unpaired) electrons. The normalized spacial score (nSPS) is 18.8. The van der Waals surface area contributed by atoms with E-state index >= 15 is 0 Å². The van der Waals surface area contributed by atoms with Crippen LogP contribution in [0, 0.1) is 5.92 Å². The highest BCUT2D eigenvalue weighted by Gasteiger charge is 2.22. The van der Waals surface area contributed by atoms with Gasteiger partial charge in [-0.15, -0.1) is 0 Å². The molecule has 0 amide bonds. The van der Waals surface area contributed by atoms with E-state index in [0.717, 1.165) is 68.1 Å². The molecule has 1 saturated carbocycles. The quantitative estimate of drug-likeness (QED) is 0.374. The summed E-state index contributed by atoms with van der Waals surface area (Å²) in [6.45, 7) is 8.10. The SMILES string of the molecule is CCNC(=NCc1cc2c(cc1OC)CC(C)O2)NCCCOCC1CC1. The number of hydrogen-bond acceptors (Lipinski definition) is 4. The number of ether oxygens (including phenoxy) is 3. The van der Waals surface area contributed by atoms with Crippen LogP contribution in [-0.2, 0) is 17.7 Å². The van der Waals surface area contributed by atoms with Gasteiger partial charge in [-0.2, -0.15) is 0 Å². The average molecular weight is 376 g/mol. The van der Waals surface area contributed by atoms with Crippen LogP contribution in [0.5, 0.6) is 11.5 Å². The van der Waals surface area contributed by atoms with Gasteiger partial charge in [-0.3, -0.25) is 0 Å². The third-order valence-electron chi connectivity index (χ3n) is 4.86. The van der Waals surface area contributed by atoms with Gasteiger partial charge in [0.05, 0.1) is 13.7 Å². The van der Waals surface area contributed by atoms with Gasteiger partial charge in [0.25, 0.3) is 0 Å². The fourth-order valence-corrected chi connectivity index (χ4v) is 3.22. The highest BCUT2D eigenvalue weighted by atomic mass is 16.5. The zero-order valence-corrected chi connectivity index (χ0v) is 16.8. The summed E-state index contributed by atoms with van der Waals surface area (Å²) in [5.41, 5.74) is 2.25. The topological polar surface area (TPSA) is 64.1 Å². The van der Waals surface area contributed by atoms with Gasteiger partial charge in [0.1, 0.15) is 17.6 Å². The molecule has 1 fully saturated rings. The second-order valence-electron chi connectivity index (χ2n) is 7.40. The molecule has 6 heteroatoms. The molecule has 1 heterocycles. The average Bonchev–Trinajstić information content (AvgIpc) is 3.41. The molecule has 27 heavy (non-hydrogen) atoms. The van der Waals surface area contributed by atoms with Gasteiger partial charge in [-0.1, -0.05) is 0 Å². The van der Waals surface area contributed by atoms with Gasteiger partial charge >= 0.3 is 0 Å². The monoisotopic (exact) mass is 375 g/mol. The van der Waals surface area contributed by atoms with Crippen LogP contribution in [-0.4, -0.2) is 45.5 Å². The number of methoxy groups -OCH3 is 1. The lowest BCUT2D eigenvalue weighted by Gasteiger charge is -2.13. The third-order valence-corrected chi connectivity index (χ3v) is 4.86. The Labute approximate surface area is 162 Å². The summed E-state index contributed by atoms with van der Waals surface area (Å²) >= 11 is 0. The van der Waals surface area contributed by atoms with Gasteiger partial charge in [0.2, 0.25) is 0 Å². The van der Waals surface area contributed by atoms with Crippen LogP contribution in [0.15, 0.2) is 17.1 Å². The molecule has 0 aromatic heterocycles. The Morgan fingerprint density at radius 2 is 2.15 bits per heavy atom. The number of fused-ring (bicyclic) bond motifs is 1. The van der Waals surface area contributed by atoms with Gasteiger partial charge in [-0.25, -0.2) is 4.99 Å². The lowest BCUT2D eigenvalue weighted by Crippen LogP contribution is -2.38. The summed E-state index contributed by atoms with van der Waals surface area (Å²) in [4.78, 5) is 4.71. The molecule has 150 valence electrons. The van der Waals surface area contributed by atoms with E-state index in [-0.39, 0.29) is 6.10 Å². The van der Waals surface area contributed by atoms with Crippen molar-refractivity contribution in [1.29, 1.82) is 0 Å². The van der Waals surface area contributed by atoms with Crippen molar-refractivity contribution in [1.82, 2.24) is 10.6 Å². The molecule has 1 unspecified atom stereocenters. The predicted octanol–water partition coefficient (Wildman–Crippen LogP) is 2.89. The summed E-state index contributed by atoms with van der Waals surface area (Å²) in [6, 6.07) is 4.15. The number of guanidine groups is 1. The molecule has 6 nitrogen and oxygen atoms in total. The van der Waals surface area contributed by atoms with Crippen molar-refractivity contribution in [3.63, 3.8) is 0 Å². The zero-order valence-electron chi connectivity index (χ0n) is 16.8. The Morgan fingerprint density at radius 1 is 1.30 bits per heavy atom.